The molecule has 4 N–H and O–H groups in total. The fourth-order valence-electron chi connectivity index (χ4n) is 1.37. The van der Waals surface area contributed by atoms with Crippen molar-refractivity contribution in [2.45, 2.75) is 39.0 Å². The van der Waals surface area contributed by atoms with Gasteiger partial charge in [-0.2, -0.15) is 5.10 Å². The Kier molecular flexibility index (Phi) is 4.87. The molecule has 8 heteroatoms. The average molecular weight is 270 g/mol. The van der Waals surface area contributed by atoms with Gasteiger partial charge in [-0.3, -0.25) is 10.00 Å². The van der Waals surface area contributed by atoms with Crippen molar-refractivity contribution in [2.75, 3.05) is 5.32 Å². The molecule has 0 fully saturated rings. The second-order valence-electron chi connectivity index (χ2n) is 4.43. The quantitative estimate of drug-likeness (QED) is 0.618. The van der Waals surface area contributed by atoms with Gasteiger partial charge in [0.1, 0.15) is 0 Å². The van der Waals surface area contributed by atoms with Crippen LogP contribution in [0.15, 0.2) is 12.3 Å². The van der Waals surface area contributed by atoms with Crippen molar-refractivity contribution < 1.29 is 19.8 Å². The Hall–Kier alpha value is -2.09. The van der Waals surface area contributed by atoms with Crippen LogP contribution in [0.1, 0.15) is 26.8 Å². The van der Waals surface area contributed by atoms with E-state index in [1.807, 2.05) is 13.8 Å². The molecule has 0 aromatic carbocycles. The summed E-state index contributed by atoms with van der Waals surface area (Å²) in [6, 6.07) is -0.352. The third kappa shape index (κ3) is 4.25. The van der Waals surface area contributed by atoms with Gasteiger partial charge in [0.25, 0.3) is 0 Å². The molecule has 0 saturated heterocycles. The number of rotatable bonds is 5. The number of carboxylic acid groups (broad SMARTS) is 1. The number of aliphatic hydroxyl groups excluding tert-OH is 1. The highest BCUT2D eigenvalue weighted by atomic mass is 16.4. The maximum atomic E-state index is 11.6. The van der Waals surface area contributed by atoms with Crippen LogP contribution in [-0.2, 0) is 4.79 Å². The van der Waals surface area contributed by atoms with Crippen molar-refractivity contribution in [1.29, 1.82) is 0 Å². The van der Waals surface area contributed by atoms with E-state index in [9.17, 15) is 14.7 Å². The number of anilines is 1. The van der Waals surface area contributed by atoms with E-state index < -0.39 is 24.1 Å². The van der Waals surface area contributed by atoms with Crippen LogP contribution in [0.5, 0.6) is 0 Å². The Morgan fingerprint density at radius 3 is 2.42 bits per heavy atom. The molecule has 0 spiro atoms. The van der Waals surface area contributed by atoms with Crippen LogP contribution in [0.3, 0.4) is 0 Å². The first-order chi connectivity index (χ1) is 8.81. The Balaban J connectivity index is 2.61. The zero-order valence-electron chi connectivity index (χ0n) is 11.0. The van der Waals surface area contributed by atoms with Gasteiger partial charge in [0, 0.05) is 18.3 Å². The van der Waals surface area contributed by atoms with Crippen LogP contribution in [-0.4, -0.2) is 44.1 Å². The SMILES string of the molecule is CC(O)C(NC(=O)Nc1ccn(C(C)C)n1)C(=O)O. The Bertz CT molecular complexity index is 455. The van der Waals surface area contributed by atoms with Gasteiger partial charge in [0.2, 0.25) is 0 Å². The molecule has 0 aliphatic rings. The highest BCUT2D eigenvalue weighted by molar-refractivity contribution is 5.91. The number of carbonyl (C=O) groups excluding carboxylic acids is 1. The number of carboxylic acids is 1. The zero-order chi connectivity index (χ0) is 14.6. The smallest absolute Gasteiger partial charge is 0.328 e. The lowest BCUT2D eigenvalue weighted by Crippen LogP contribution is -2.49. The van der Waals surface area contributed by atoms with Crippen molar-refractivity contribution in [2.24, 2.45) is 0 Å². The minimum absolute atomic E-state index is 0.155. The minimum atomic E-state index is -1.37. The topological polar surface area (TPSA) is 116 Å². The summed E-state index contributed by atoms with van der Waals surface area (Å²) in [6.07, 6.45) is 0.500. The molecule has 19 heavy (non-hydrogen) atoms. The molecule has 106 valence electrons. The predicted molar refractivity (Wildman–Crippen MR) is 67.9 cm³/mol. The third-order valence-corrected chi connectivity index (χ3v) is 2.41. The van der Waals surface area contributed by atoms with Gasteiger partial charge in [-0.25, -0.2) is 9.59 Å². The molecule has 0 aliphatic heterocycles. The van der Waals surface area contributed by atoms with Crippen LogP contribution in [0.2, 0.25) is 0 Å². The van der Waals surface area contributed by atoms with Gasteiger partial charge in [-0.1, -0.05) is 0 Å². The summed E-state index contributed by atoms with van der Waals surface area (Å²) >= 11 is 0. The van der Waals surface area contributed by atoms with E-state index in [1.165, 1.54) is 6.92 Å². The van der Waals surface area contributed by atoms with Crippen molar-refractivity contribution in [3.63, 3.8) is 0 Å². The average Bonchev–Trinajstić information content (AvgIpc) is 2.73. The van der Waals surface area contributed by atoms with Crippen LogP contribution in [0, 0.1) is 0 Å². The molecule has 1 aromatic heterocycles. The number of amides is 2. The van der Waals surface area contributed by atoms with Crippen molar-refractivity contribution in [3.8, 4) is 0 Å². The molecule has 0 saturated carbocycles. The third-order valence-electron chi connectivity index (χ3n) is 2.41. The second kappa shape index (κ2) is 6.19. The Labute approximate surface area is 110 Å². The number of carbonyl (C=O) groups is 2. The maximum Gasteiger partial charge on any atom is 0.328 e. The monoisotopic (exact) mass is 270 g/mol. The molecule has 2 atom stereocenters. The molecular weight excluding hydrogens is 252 g/mol. The molecule has 1 aromatic rings. The molecule has 0 aliphatic carbocycles. The van der Waals surface area contributed by atoms with Crippen LogP contribution in [0.4, 0.5) is 10.6 Å². The minimum Gasteiger partial charge on any atom is -0.480 e. The zero-order valence-corrected chi connectivity index (χ0v) is 11.0. The van der Waals surface area contributed by atoms with Crippen molar-refractivity contribution in [3.05, 3.63) is 12.3 Å². The number of nitrogens with one attached hydrogen (secondary N) is 2. The molecule has 0 bridgehead atoms. The van der Waals surface area contributed by atoms with E-state index in [1.54, 1.807) is 16.9 Å². The molecule has 0 radical (unpaired) electrons. The maximum absolute atomic E-state index is 11.6. The Morgan fingerprint density at radius 1 is 1.37 bits per heavy atom. The van der Waals surface area contributed by atoms with Gasteiger partial charge >= 0.3 is 12.0 Å². The first-order valence-electron chi connectivity index (χ1n) is 5.84. The number of hydrogen-bond acceptors (Lipinski definition) is 4. The molecule has 1 heterocycles. The summed E-state index contributed by atoms with van der Waals surface area (Å²) in [4.78, 5) is 22.4. The first kappa shape index (κ1) is 15.0. The number of hydrogen-bond donors (Lipinski definition) is 4. The van der Waals surface area contributed by atoms with Crippen LogP contribution in [0.25, 0.3) is 0 Å². The van der Waals surface area contributed by atoms with Crippen LogP contribution >= 0.6 is 0 Å². The lowest BCUT2D eigenvalue weighted by Gasteiger charge is -2.16. The normalized spacial score (nSPS) is 13.9. The fraction of sp³-hybridized carbons (Fsp3) is 0.545. The lowest BCUT2D eigenvalue weighted by atomic mass is 10.2. The first-order valence-corrected chi connectivity index (χ1v) is 5.84. The molecule has 2 amide bonds. The summed E-state index contributed by atoms with van der Waals surface area (Å²) in [5.41, 5.74) is 0. The number of nitrogens with zero attached hydrogens (tertiary/aromatic N) is 2. The number of aliphatic carboxylic acids is 1. The predicted octanol–water partition coefficient (Wildman–Crippen LogP) is 0.419. The number of aliphatic hydroxyl groups is 1. The van der Waals surface area contributed by atoms with Crippen molar-refractivity contribution in [1.82, 2.24) is 15.1 Å². The van der Waals surface area contributed by atoms with Crippen LogP contribution < -0.4 is 10.6 Å². The molecular formula is C11H18N4O4. The summed E-state index contributed by atoms with van der Waals surface area (Å²) in [5.74, 6) is -1.00. The summed E-state index contributed by atoms with van der Waals surface area (Å²) in [6.45, 7) is 5.15. The second-order valence-corrected chi connectivity index (χ2v) is 4.43. The fourth-order valence-corrected chi connectivity index (χ4v) is 1.37. The van der Waals surface area contributed by atoms with Gasteiger partial charge in [0.05, 0.1) is 6.10 Å². The summed E-state index contributed by atoms with van der Waals surface area (Å²) < 4.78 is 1.65. The van der Waals surface area contributed by atoms with Crippen molar-refractivity contribution >= 4 is 17.8 Å². The van der Waals surface area contributed by atoms with Gasteiger partial charge in [-0.15, -0.1) is 0 Å². The Morgan fingerprint density at radius 2 is 2.00 bits per heavy atom. The van der Waals surface area contributed by atoms with E-state index in [0.29, 0.717) is 5.82 Å². The standard InChI is InChI=1S/C11H18N4O4/c1-6(2)15-5-4-8(14-15)12-11(19)13-9(7(3)16)10(17)18/h4-7,9,16H,1-3H3,(H,17,18)(H2,12,13,14,19). The summed E-state index contributed by atoms with van der Waals surface area (Å²) in [5, 5.41) is 26.7. The molecule has 8 nitrogen and oxygen atoms in total. The van der Waals surface area contributed by atoms with Gasteiger partial charge in [-0.05, 0) is 20.8 Å². The van der Waals surface area contributed by atoms with E-state index in [-0.39, 0.29) is 6.04 Å². The number of urea groups is 1. The van der Waals surface area contributed by atoms with E-state index in [0.717, 1.165) is 0 Å². The van der Waals surface area contributed by atoms with E-state index in [4.69, 9.17) is 5.11 Å². The number of aromatic nitrogens is 2. The molecule has 2 unspecified atom stereocenters. The lowest BCUT2D eigenvalue weighted by molar-refractivity contribution is -0.141. The van der Waals surface area contributed by atoms with E-state index in [2.05, 4.69) is 15.7 Å². The van der Waals surface area contributed by atoms with Gasteiger partial charge < -0.3 is 15.5 Å². The highest BCUT2D eigenvalue weighted by Crippen LogP contribution is 2.08. The largest absolute Gasteiger partial charge is 0.480 e. The molecule has 1 rings (SSSR count). The van der Waals surface area contributed by atoms with E-state index >= 15 is 0 Å². The highest BCUT2D eigenvalue weighted by Gasteiger charge is 2.25. The van der Waals surface area contributed by atoms with Gasteiger partial charge in [0.15, 0.2) is 11.9 Å². The summed E-state index contributed by atoms with van der Waals surface area (Å²) in [7, 11) is 0.